The molecule has 0 bridgehead atoms. The first kappa shape index (κ1) is 23.6. The summed E-state index contributed by atoms with van der Waals surface area (Å²) in [5.41, 5.74) is -3.17. The summed E-state index contributed by atoms with van der Waals surface area (Å²) in [5.74, 6) is -2.03. The number of hydrogen-bond acceptors (Lipinski definition) is 4. The van der Waals surface area contributed by atoms with Gasteiger partial charge >= 0.3 is 6.18 Å². The molecule has 0 radical (unpaired) electrons. The lowest BCUT2D eigenvalue weighted by molar-refractivity contribution is -0.137. The van der Waals surface area contributed by atoms with Crippen molar-refractivity contribution in [1.29, 1.82) is 0 Å². The quantitative estimate of drug-likeness (QED) is 0.353. The molecule has 0 atom stereocenters. The Labute approximate surface area is 194 Å². The highest BCUT2D eigenvalue weighted by Crippen LogP contribution is 2.40. The third-order valence-electron chi connectivity index (χ3n) is 5.03. The molecule has 34 heavy (non-hydrogen) atoms. The van der Waals surface area contributed by atoms with Crippen LogP contribution in [0.15, 0.2) is 52.6 Å². The van der Waals surface area contributed by atoms with E-state index in [0.717, 1.165) is 30.3 Å². The lowest BCUT2D eigenvalue weighted by Gasteiger charge is -2.19. The van der Waals surface area contributed by atoms with Crippen LogP contribution in [0.3, 0.4) is 0 Å². The number of hydrogen-bond donors (Lipinski definition) is 0. The lowest BCUT2D eigenvalue weighted by atomic mass is 9.97. The molecule has 0 unspecified atom stereocenters. The van der Waals surface area contributed by atoms with E-state index >= 15 is 0 Å². The highest BCUT2D eigenvalue weighted by Gasteiger charge is 2.37. The third-order valence-corrected chi connectivity index (χ3v) is 5.43. The number of aromatic nitrogens is 2. The second-order valence-electron chi connectivity index (χ2n) is 7.13. The fourth-order valence-electron chi connectivity index (χ4n) is 3.52. The van der Waals surface area contributed by atoms with Gasteiger partial charge in [-0.1, -0.05) is 17.7 Å². The van der Waals surface area contributed by atoms with Gasteiger partial charge in [0.05, 0.1) is 52.5 Å². The monoisotopic (exact) mass is 495 g/mol. The van der Waals surface area contributed by atoms with Crippen molar-refractivity contribution in [3.05, 3.63) is 97.9 Å². The van der Waals surface area contributed by atoms with Gasteiger partial charge in [-0.15, -0.1) is 0 Å². The van der Waals surface area contributed by atoms with E-state index in [0.29, 0.717) is 6.61 Å². The van der Waals surface area contributed by atoms with E-state index in [1.165, 1.54) is 23.1 Å². The van der Waals surface area contributed by atoms with Crippen LogP contribution in [0.5, 0.6) is 0 Å². The normalized spacial score (nSPS) is 13.3. The molecule has 176 valence electrons. The Bertz CT molecular complexity index is 1380. The number of nitrogens with zero attached hydrogens (tertiary/aromatic N) is 3. The van der Waals surface area contributed by atoms with Crippen LogP contribution in [0.2, 0.25) is 5.02 Å². The molecule has 0 saturated heterocycles. The molecule has 0 amide bonds. The number of alkyl halides is 3. The fraction of sp³-hybridized carbons (Fsp3) is 0.174. The van der Waals surface area contributed by atoms with Crippen LogP contribution in [0.25, 0.3) is 11.8 Å². The van der Waals surface area contributed by atoms with Crippen molar-refractivity contribution in [1.82, 2.24) is 9.55 Å². The Morgan fingerprint density at radius 3 is 2.50 bits per heavy atom. The summed E-state index contributed by atoms with van der Waals surface area (Å²) in [7, 11) is 0. The first-order chi connectivity index (χ1) is 16.1. The van der Waals surface area contributed by atoms with E-state index in [1.54, 1.807) is 6.92 Å². The zero-order chi connectivity index (χ0) is 24.6. The first-order valence-electron chi connectivity index (χ1n) is 9.93. The van der Waals surface area contributed by atoms with Gasteiger partial charge in [-0.3, -0.25) is 9.79 Å². The van der Waals surface area contributed by atoms with Gasteiger partial charge in [-0.25, -0.2) is 8.78 Å². The molecule has 2 heterocycles. The molecule has 2 aromatic carbocycles. The Kier molecular flexibility index (Phi) is 6.26. The smallest absolute Gasteiger partial charge is 0.417 e. The van der Waals surface area contributed by atoms with Gasteiger partial charge < -0.3 is 9.30 Å². The lowest BCUT2D eigenvalue weighted by Crippen LogP contribution is -2.19. The summed E-state index contributed by atoms with van der Waals surface area (Å²) < 4.78 is 76.7. The number of ether oxygens (including phenoxy) is 1. The maximum atomic E-state index is 14.7. The van der Waals surface area contributed by atoms with Crippen molar-refractivity contribution in [2.45, 2.75) is 19.6 Å². The third kappa shape index (κ3) is 4.21. The van der Waals surface area contributed by atoms with E-state index in [9.17, 15) is 26.7 Å². The molecule has 3 aromatic rings. The van der Waals surface area contributed by atoms with Crippen LogP contribution in [0, 0.1) is 11.6 Å². The minimum Gasteiger partial charge on any atom is -0.501 e. The Balaban J connectivity index is 2.06. The van der Waals surface area contributed by atoms with Crippen molar-refractivity contribution in [3.8, 4) is 5.69 Å². The fourth-order valence-corrected chi connectivity index (χ4v) is 3.88. The van der Waals surface area contributed by atoms with E-state index in [1.807, 2.05) is 0 Å². The highest BCUT2D eigenvalue weighted by atomic mass is 35.5. The predicted molar refractivity (Wildman–Crippen MR) is 116 cm³/mol. The SMILES string of the molecule is CCO/C=C/c1cn2c(nc1=O)CN=C(c1c(F)cccc1F)c1c-2ccc(C(F)(F)F)c1Cl. The number of benzene rings is 2. The van der Waals surface area contributed by atoms with Gasteiger partial charge in [0.2, 0.25) is 0 Å². The first-order valence-corrected chi connectivity index (χ1v) is 10.3. The van der Waals surface area contributed by atoms with Crippen molar-refractivity contribution < 1.29 is 26.7 Å². The number of halogens is 6. The van der Waals surface area contributed by atoms with Crippen molar-refractivity contribution >= 4 is 23.4 Å². The maximum absolute atomic E-state index is 14.7. The molecule has 11 heteroatoms. The van der Waals surface area contributed by atoms with Crippen LogP contribution < -0.4 is 5.56 Å². The molecule has 0 fully saturated rings. The minimum atomic E-state index is -4.84. The van der Waals surface area contributed by atoms with Crippen molar-refractivity contribution in [2.75, 3.05) is 6.61 Å². The highest BCUT2D eigenvalue weighted by molar-refractivity contribution is 6.37. The standard InChI is InChI=1S/C23H15ClF5N3O2/c1-2-34-9-8-12-11-32-16-7-6-13(23(27,28)29)20(24)19(16)21(30-10-17(32)31-22(12)33)18-14(25)4-3-5-15(18)26/h3-9,11H,2,10H2,1H3/b9-8+. The molecule has 0 spiro atoms. The topological polar surface area (TPSA) is 56.5 Å². The molecule has 0 saturated carbocycles. The van der Waals surface area contributed by atoms with Gasteiger partial charge in [-0.05, 0) is 37.3 Å². The van der Waals surface area contributed by atoms with E-state index < -0.39 is 45.2 Å². The minimum absolute atomic E-state index is 0.0189. The summed E-state index contributed by atoms with van der Waals surface area (Å²) in [4.78, 5) is 20.6. The molecule has 1 aromatic heterocycles. The summed E-state index contributed by atoms with van der Waals surface area (Å²) >= 11 is 6.20. The Morgan fingerprint density at radius 2 is 1.85 bits per heavy atom. The zero-order valence-corrected chi connectivity index (χ0v) is 18.2. The summed E-state index contributed by atoms with van der Waals surface area (Å²) in [5, 5.41) is -0.788. The number of aliphatic imine (C=N–C) groups is 1. The Morgan fingerprint density at radius 1 is 1.15 bits per heavy atom. The van der Waals surface area contributed by atoms with E-state index in [-0.39, 0.29) is 29.2 Å². The molecular formula is C23H15ClF5N3O2. The maximum Gasteiger partial charge on any atom is 0.417 e. The molecule has 0 N–H and O–H groups in total. The van der Waals surface area contributed by atoms with Crippen LogP contribution in [-0.4, -0.2) is 21.9 Å². The van der Waals surface area contributed by atoms with E-state index in [4.69, 9.17) is 16.3 Å². The molecule has 4 rings (SSSR count). The molecular weight excluding hydrogens is 481 g/mol. The number of rotatable bonds is 4. The van der Waals surface area contributed by atoms with Crippen molar-refractivity contribution in [2.24, 2.45) is 4.99 Å². The Hall–Kier alpha value is -3.53. The summed E-state index contributed by atoms with van der Waals surface area (Å²) in [6.07, 6.45) is -0.883. The zero-order valence-electron chi connectivity index (χ0n) is 17.5. The van der Waals surface area contributed by atoms with E-state index in [2.05, 4.69) is 9.98 Å². The molecule has 1 aliphatic rings. The largest absolute Gasteiger partial charge is 0.501 e. The average molecular weight is 496 g/mol. The predicted octanol–water partition coefficient (Wildman–Crippen LogP) is 5.54. The van der Waals surface area contributed by atoms with Gasteiger partial charge in [0.15, 0.2) is 0 Å². The van der Waals surface area contributed by atoms with Crippen LogP contribution >= 0.6 is 11.6 Å². The summed E-state index contributed by atoms with van der Waals surface area (Å²) in [6, 6.07) is 4.87. The van der Waals surface area contributed by atoms with Crippen LogP contribution in [0.1, 0.15) is 35.0 Å². The number of fused-ring (bicyclic) bond motifs is 3. The van der Waals surface area contributed by atoms with Crippen LogP contribution in [-0.2, 0) is 17.5 Å². The molecule has 5 nitrogen and oxygen atoms in total. The summed E-state index contributed by atoms with van der Waals surface area (Å²) in [6.45, 7) is 1.74. The second kappa shape index (κ2) is 9.02. The average Bonchev–Trinajstić information content (AvgIpc) is 2.91. The van der Waals surface area contributed by atoms with Gasteiger partial charge in [0.1, 0.15) is 17.5 Å². The van der Waals surface area contributed by atoms with Gasteiger partial charge in [0.25, 0.3) is 5.56 Å². The second-order valence-corrected chi connectivity index (χ2v) is 7.50. The van der Waals surface area contributed by atoms with Gasteiger partial charge in [0, 0.05) is 11.8 Å². The van der Waals surface area contributed by atoms with Crippen molar-refractivity contribution in [3.63, 3.8) is 0 Å². The molecule has 0 aliphatic carbocycles. The molecule has 1 aliphatic heterocycles. The van der Waals surface area contributed by atoms with Crippen LogP contribution in [0.4, 0.5) is 22.0 Å². The van der Waals surface area contributed by atoms with Gasteiger partial charge in [-0.2, -0.15) is 18.2 Å².